The summed E-state index contributed by atoms with van der Waals surface area (Å²) in [4.78, 5) is 24.0. The molecule has 1 aliphatic heterocycles. The summed E-state index contributed by atoms with van der Waals surface area (Å²) in [6, 6.07) is 12.9. The second-order valence-corrected chi connectivity index (χ2v) is 7.56. The molecule has 28 heavy (non-hydrogen) atoms. The van der Waals surface area contributed by atoms with Crippen molar-refractivity contribution in [2.75, 3.05) is 13.2 Å². The lowest BCUT2D eigenvalue weighted by atomic mass is 9.86. The fourth-order valence-corrected chi connectivity index (χ4v) is 2.83. The van der Waals surface area contributed by atoms with Crippen LogP contribution in [0, 0.1) is 0 Å². The fraction of sp³-hybridized carbons (Fsp3) is 0.304. The van der Waals surface area contributed by atoms with Crippen LogP contribution in [0.2, 0.25) is 0 Å². The predicted octanol–water partition coefficient (Wildman–Crippen LogP) is 4.54. The van der Waals surface area contributed by atoms with Crippen molar-refractivity contribution < 1.29 is 23.8 Å². The minimum atomic E-state index is -0.445. The standard InChI is InChI=1S/C23H24O5/c1-5-26-21(24)14-27-17-10-11-18-19(13-17)28-20(22(18)25)12-15-6-8-16(9-7-15)23(2,3)4/h6-13H,5,14H2,1-4H3/b20-12+. The number of benzene rings is 2. The molecule has 0 fully saturated rings. The molecule has 3 rings (SSSR count). The number of ether oxygens (including phenoxy) is 3. The van der Waals surface area contributed by atoms with E-state index in [4.69, 9.17) is 14.2 Å². The second kappa shape index (κ2) is 7.89. The van der Waals surface area contributed by atoms with E-state index in [0.717, 1.165) is 5.56 Å². The maximum atomic E-state index is 12.6. The minimum Gasteiger partial charge on any atom is -0.482 e. The second-order valence-electron chi connectivity index (χ2n) is 7.56. The normalized spacial score (nSPS) is 14.6. The van der Waals surface area contributed by atoms with Crippen molar-refractivity contribution in [1.29, 1.82) is 0 Å². The quantitative estimate of drug-likeness (QED) is 0.563. The zero-order chi connectivity index (χ0) is 20.3. The number of hydrogen-bond donors (Lipinski definition) is 0. The van der Waals surface area contributed by atoms with Gasteiger partial charge in [-0.2, -0.15) is 0 Å². The molecule has 5 nitrogen and oxygen atoms in total. The van der Waals surface area contributed by atoms with Crippen LogP contribution in [0.3, 0.4) is 0 Å². The zero-order valence-electron chi connectivity index (χ0n) is 16.6. The molecule has 1 heterocycles. The van der Waals surface area contributed by atoms with Crippen molar-refractivity contribution >= 4 is 17.8 Å². The molecule has 1 aliphatic rings. The third kappa shape index (κ3) is 4.42. The summed E-state index contributed by atoms with van der Waals surface area (Å²) in [6.07, 6.45) is 1.73. The van der Waals surface area contributed by atoms with Crippen LogP contribution in [-0.4, -0.2) is 25.0 Å². The Bertz CT molecular complexity index is 917. The lowest BCUT2D eigenvalue weighted by Gasteiger charge is -2.18. The summed E-state index contributed by atoms with van der Waals surface area (Å²) in [6.45, 7) is 8.31. The maximum absolute atomic E-state index is 12.6. The van der Waals surface area contributed by atoms with Crippen molar-refractivity contribution in [1.82, 2.24) is 0 Å². The number of Topliss-reactive ketones (excluding diaryl/α,β-unsaturated/α-hetero) is 1. The molecule has 2 aromatic carbocycles. The van der Waals surface area contributed by atoms with Crippen molar-refractivity contribution in [3.8, 4) is 11.5 Å². The van der Waals surface area contributed by atoms with E-state index in [1.807, 2.05) is 12.1 Å². The highest BCUT2D eigenvalue weighted by atomic mass is 16.6. The Kier molecular flexibility index (Phi) is 5.54. The van der Waals surface area contributed by atoms with Gasteiger partial charge in [0.2, 0.25) is 5.78 Å². The minimum absolute atomic E-state index is 0.0710. The molecular weight excluding hydrogens is 356 g/mol. The highest BCUT2D eigenvalue weighted by molar-refractivity contribution is 6.14. The van der Waals surface area contributed by atoms with E-state index in [1.165, 1.54) is 5.56 Å². The van der Waals surface area contributed by atoms with E-state index in [2.05, 4.69) is 32.9 Å². The number of ketones is 1. The Morgan fingerprint density at radius 2 is 1.82 bits per heavy atom. The Morgan fingerprint density at radius 1 is 1.11 bits per heavy atom. The molecule has 0 N–H and O–H groups in total. The predicted molar refractivity (Wildman–Crippen MR) is 107 cm³/mol. The van der Waals surface area contributed by atoms with Crippen LogP contribution in [0.15, 0.2) is 48.2 Å². The van der Waals surface area contributed by atoms with Gasteiger partial charge in [-0.3, -0.25) is 4.79 Å². The third-order valence-corrected chi connectivity index (χ3v) is 4.38. The molecule has 0 amide bonds. The summed E-state index contributed by atoms with van der Waals surface area (Å²) in [7, 11) is 0. The van der Waals surface area contributed by atoms with E-state index in [0.29, 0.717) is 23.7 Å². The summed E-state index contributed by atoms with van der Waals surface area (Å²) >= 11 is 0. The molecule has 0 atom stereocenters. The highest BCUT2D eigenvalue weighted by Gasteiger charge is 2.28. The van der Waals surface area contributed by atoms with Gasteiger partial charge >= 0.3 is 5.97 Å². The first kappa shape index (κ1) is 19.7. The van der Waals surface area contributed by atoms with Gasteiger partial charge in [-0.25, -0.2) is 4.79 Å². The molecular formula is C23H24O5. The van der Waals surface area contributed by atoms with Crippen LogP contribution in [0.5, 0.6) is 11.5 Å². The van der Waals surface area contributed by atoms with Gasteiger partial charge in [0.1, 0.15) is 11.5 Å². The summed E-state index contributed by atoms with van der Waals surface area (Å²) in [5, 5.41) is 0. The van der Waals surface area contributed by atoms with Gasteiger partial charge in [0.15, 0.2) is 12.4 Å². The molecule has 0 saturated heterocycles. The van der Waals surface area contributed by atoms with E-state index >= 15 is 0 Å². The molecule has 0 unspecified atom stereocenters. The van der Waals surface area contributed by atoms with Gasteiger partial charge in [0, 0.05) is 6.07 Å². The van der Waals surface area contributed by atoms with Crippen molar-refractivity contribution in [3.05, 3.63) is 64.9 Å². The lowest BCUT2D eigenvalue weighted by molar-refractivity contribution is -0.145. The molecule has 0 spiro atoms. The van der Waals surface area contributed by atoms with Crippen molar-refractivity contribution in [2.24, 2.45) is 0 Å². The van der Waals surface area contributed by atoms with Crippen LogP contribution >= 0.6 is 0 Å². The van der Waals surface area contributed by atoms with Gasteiger partial charge in [0.05, 0.1) is 12.2 Å². The molecule has 0 bridgehead atoms. The number of esters is 1. The van der Waals surface area contributed by atoms with Gasteiger partial charge in [-0.05, 0) is 41.7 Å². The third-order valence-electron chi connectivity index (χ3n) is 4.38. The van der Waals surface area contributed by atoms with E-state index in [1.54, 1.807) is 31.2 Å². The number of rotatable bonds is 5. The zero-order valence-corrected chi connectivity index (χ0v) is 16.6. The van der Waals surface area contributed by atoms with Crippen LogP contribution in [0.25, 0.3) is 6.08 Å². The molecule has 0 aromatic heterocycles. The van der Waals surface area contributed by atoms with Crippen molar-refractivity contribution in [3.63, 3.8) is 0 Å². The molecule has 0 aliphatic carbocycles. The number of carbonyl (C=O) groups excluding carboxylic acids is 2. The lowest BCUT2D eigenvalue weighted by Crippen LogP contribution is -2.14. The van der Waals surface area contributed by atoms with Gasteiger partial charge in [-0.15, -0.1) is 0 Å². The number of allylic oxidation sites excluding steroid dienone is 1. The first-order valence-corrected chi connectivity index (χ1v) is 9.25. The van der Waals surface area contributed by atoms with Crippen LogP contribution in [0.4, 0.5) is 0 Å². The molecule has 146 valence electrons. The SMILES string of the molecule is CCOC(=O)COc1ccc2c(c1)O/C(=C/c1ccc(C(C)(C)C)cc1)C2=O. The topological polar surface area (TPSA) is 61.8 Å². The first-order chi connectivity index (χ1) is 13.3. The smallest absolute Gasteiger partial charge is 0.344 e. The largest absolute Gasteiger partial charge is 0.482 e. The Morgan fingerprint density at radius 3 is 2.46 bits per heavy atom. The Hall–Kier alpha value is -3.08. The van der Waals surface area contributed by atoms with Gasteiger partial charge in [0.25, 0.3) is 0 Å². The van der Waals surface area contributed by atoms with Gasteiger partial charge in [-0.1, -0.05) is 45.0 Å². The molecule has 0 saturated carbocycles. The molecule has 0 radical (unpaired) electrons. The average molecular weight is 380 g/mol. The summed E-state index contributed by atoms with van der Waals surface area (Å²) in [5.41, 5.74) is 2.66. The summed E-state index contributed by atoms with van der Waals surface area (Å²) in [5.74, 6) is 0.506. The molecule has 2 aromatic rings. The van der Waals surface area contributed by atoms with E-state index in [-0.39, 0.29) is 23.6 Å². The van der Waals surface area contributed by atoms with E-state index < -0.39 is 5.97 Å². The monoisotopic (exact) mass is 380 g/mol. The van der Waals surface area contributed by atoms with Crippen LogP contribution in [-0.2, 0) is 14.9 Å². The maximum Gasteiger partial charge on any atom is 0.344 e. The Balaban J connectivity index is 1.74. The molecule has 5 heteroatoms. The van der Waals surface area contributed by atoms with Crippen molar-refractivity contribution in [2.45, 2.75) is 33.1 Å². The Labute approximate surface area is 164 Å². The number of hydrogen-bond acceptors (Lipinski definition) is 5. The summed E-state index contributed by atoms with van der Waals surface area (Å²) < 4.78 is 16.0. The highest BCUT2D eigenvalue weighted by Crippen LogP contribution is 2.35. The first-order valence-electron chi connectivity index (χ1n) is 9.25. The van der Waals surface area contributed by atoms with Crippen LogP contribution < -0.4 is 9.47 Å². The number of fused-ring (bicyclic) bond motifs is 1. The van der Waals surface area contributed by atoms with Gasteiger partial charge < -0.3 is 14.2 Å². The average Bonchev–Trinajstić information content (AvgIpc) is 2.95. The fourth-order valence-electron chi connectivity index (χ4n) is 2.83. The van der Waals surface area contributed by atoms with E-state index in [9.17, 15) is 9.59 Å². The number of carbonyl (C=O) groups is 2. The van der Waals surface area contributed by atoms with Crippen LogP contribution in [0.1, 0.15) is 49.2 Å².